The van der Waals surface area contributed by atoms with E-state index in [9.17, 15) is 0 Å². The van der Waals surface area contributed by atoms with Crippen LogP contribution in [0, 0.1) is 13.8 Å². The molecule has 0 atom stereocenters. The fourth-order valence-corrected chi connectivity index (χ4v) is 1.52. The van der Waals surface area contributed by atoms with Crippen LogP contribution in [0.1, 0.15) is 22.8 Å². The van der Waals surface area contributed by atoms with Crippen molar-refractivity contribution >= 4 is 0 Å². The first-order valence-corrected chi connectivity index (χ1v) is 5.21. The Kier molecular flexibility index (Phi) is 2.86. The molecule has 0 aliphatic carbocycles. The van der Waals surface area contributed by atoms with Crippen molar-refractivity contribution in [2.24, 2.45) is 0 Å². The number of pyridine rings is 1. The van der Waals surface area contributed by atoms with E-state index in [1.165, 1.54) is 5.56 Å². The molecule has 2 nitrogen and oxygen atoms in total. The highest BCUT2D eigenvalue weighted by Crippen LogP contribution is 2.09. The van der Waals surface area contributed by atoms with Gasteiger partial charge in [0.05, 0.1) is 0 Å². The highest BCUT2D eigenvalue weighted by Gasteiger charge is 2.00. The molecular formula is C13H15NO. The topological polar surface area (TPSA) is 26.0 Å². The zero-order valence-electron chi connectivity index (χ0n) is 9.16. The van der Waals surface area contributed by atoms with Crippen LogP contribution in [0.2, 0.25) is 0 Å². The van der Waals surface area contributed by atoms with Crippen LogP contribution < -0.4 is 0 Å². The summed E-state index contributed by atoms with van der Waals surface area (Å²) in [5, 5.41) is 0. The smallest absolute Gasteiger partial charge is 0.104 e. The van der Waals surface area contributed by atoms with Gasteiger partial charge in [0, 0.05) is 18.3 Å². The van der Waals surface area contributed by atoms with Crippen molar-refractivity contribution in [1.29, 1.82) is 0 Å². The molecule has 2 aromatic rings. The highest BCUT2D eigenvalue weighted by molar-refractivity contribution is 5.14. The summed E-state index contributed by atoms with van der Waals surface area (Å²) in [6, 6.07) is 8.20. The second-order valence-electron chi connectivity index (χ2n) is 3.84. The molecular weight excluding hydrogens is 186 g/mol. The largest absolute Gasteiger partial charge is 0.466 e. The third-order valence-electron chi connectivity index (χ3n) is 2.40. The predicted molar refractivity (Wildman–Crippen MR) is 59.8 cm³/mol. The zero-order chi connectivity index (χ0) is 10.7. The maximum atomic E-state index is 5.50. The molecule has 0 aliphatic heterocycles. The van der Waals surface area contributed by atoms with Crippen LogP contribution in [0.25, 0.3) is 0 Å². The van der Waals surface area contributed by atoms with Crippen molar-refractivity contribution in [3.8, 4) is 0 Å². The van der Waals surface area contributed by atoms with E-state index in [1.807, 2.05) is 32.2 Å². The molecule has 2 aromatic heterocycles. The van der Waals surface area contributed by atoms with Crippen LogP contribution in [0.4, 0.5) is 0 Å². The van der Waals surface area contributed by atoms with Crippen LogP contribution in [0.5, 0.6) is 0 Å². The molecule has 0 saturated carbocycles. The molecule has 78 valence electrons. The summed E-state index contributed by atoms with van der Waals surface area (Å²) < 4.78 is 5.50. The summed E-state index contributed by atoms with van der Waals surface area (Å²) in [6.07, 6.45) is 3.76. The maximum Gasteiger partial charge on any atom is 0.104 e. The number of hydrogen-bond donors (Lipinski definition) is 0. The number of aryl methyl sites for hydroxylation is 4. The minimum absolute atomic E-state index is 0.921. The van der Waals surface area contributed by atoms with E-state index in [0.717, 1.165) is 30.1 Å². The molecule has 0 aliphatic rings. The van der Waals surface area contributed by atoms with Gasteiger partial charge >= 0.3 is 0 Å². The van der Waals surface area contributed by atoms with Crippen molar-refractivity contribution in [1.82, 2.24) is 4.98 Å². The predicted octanol–water partition coefficient (Wildman–Crippen LogP) is 3.08. The number of rotatable bonds is 3. The summed E-state index contributed by atoms with van der Waals surface area (Å²) in [7, 11) is 0. The minimum Gasteiger partial charge on any atom is -0.466 e. The van der Waals surface area contributed by atoms with E-state index < -0.39 is 0 Å². The molecule has 2 rings (SSSR count). The lowest BCUT2D eigenvalue weighted by Crippen LogP contribution is -1.93. The van der Waals surface area contributed by atoms with Gasteiger partial charge in [-0.25, -0.2) is 0 Å². The molecule has 0 aromatic carbocycles. The van der Waals surface area contributed by atoms with Crippen molar-refractivity contribution < 1.29 is 4.42 Å². The van der Waals surface area contributed by atoms with Gasteiger partial charge in [-0.2, -0.15) is 0 Å². The minimum atomic E-state index is 0.921. The van der Waals surface area contributed by atoms with Gasteiger partial charge in [0.2, 0.25) is 0 Å². The van der Waals surface area contributed by atoms with E-state index in [0.29, 0.717) is 0 Å². The molecule has 0 amide bonds. The van der Waals surface area contributed by atoms with Crippen LogP contribution in [0.15, 0.2) is 34.9 Å². The normalized spacial score (nSPS) is 10.5. The second kappa shape index (κ2) is 4.30. The fraction of sp³-hybridized carbons (Fsp3) is 0.308. The first-order chi connectivity index (χ1) is 7.24. The zero-order valence-corrected chi connectivity index (χ0v) is 9.16. The third-order valence-corrected chi connectivity index (χ3v) is 2.40. The Morgan fingerprint density at radius 2 is 1.93 bits per heavy atom. The average molecular weight is 201 g/mol. The molecule has 0 fully saturated rings. The Morgan fingerprint density at radius 3 is 2.53 bits per heavy atom. The molecule has 0 N–H and O–H groups in total. The summed E-state index contributed by atoms with van der Waals surface area (Å²) in [6.45, 7) is 4.01. The Hall–Kier alpha value is -1.57. The van der Waals surface area contributed by atoms with Crippen molar-refractivity contribution in [3.63, 3.8) is 0 Å². The molecule has 2 heteroatoms. The van der Waals surface area contributed by atoms with Crippen LogP contribution >= 0.6 is 0 Å². The Balaban J connectivity index is 1.96. The molecule has 0 saturated heterocycles. The fourth-order valence-electron chi connectivity index (χ4n) is 1.52. The molecule has 15 heavy (non-hydrogen) atoms. The Labute approximate surface area is 90.0 Å². The number of furan rings is 1. The van der Waals surface area contributed by atoms with E-state index in [1.54, 1.807) is 0 Å². The summed E-state index contributed by atoms with van der Waals surface area (Å²) in [4.78, 5) is 4.36. The Morgan fingerprint density at radius 1 is 1.07 bits per heavy atom. The van der Waals surface area contributed by atoms with Gasteiger partial charge in [-0.3, -0.25) is 4.98 Å². The summed E-state index contributed by atoms with van der Waals surface area (Å²) >= 11 is 0. The lowest BCUT2D eigenvalue weighted by Gasteiger charge is -1.99. The lowest BCUT2D eigenvalue weighted by atomic mass is 10.2. The standard InChI is InChI=1S/C13H15NO/c1-10-3-5-12(14-9-10)6-8-13-7-4-11(2)15-13/h3-5,7,9H,6,8H2,1-2H3. The van der Waals surface area contributed by atoms with Crippen molar-refractivity contribution in [2.75, 3.05) is 0 Å². The second-order valence-corrected chi connectivity index (χ2v) is 3.84. The highest BCUT2D eigenvalue weighted by atomic mass is 16.3. The summed E-state index contributed by atoms with van der Waals surface area (Å²) in [5.74, 6) is 2.01. The molecule has 0 radical (unpaired) electrons. The van der Waals surface area contributed by atoms with Crippen LogP contribution in [0.3, 0.4) is 0 Å². The van der Waals surface area contributed by atoms with Gasteiger partial charge in [0.25, 0.3) is 0 Å². The quantitative estimate of drug-likeness (QED) is 0.762. The molecule has 2 heterocycles. The van der Waals surface area contributed by atoms with E-state index in [-0.39, 0.29) is 0 Å². The van der Waals surface area contributed by atoms with Crippen LogP contribution in [-0.2, 0) is 12.8 Å². The Bertz CT molecular complexity index is 428. The lowest BCUT2D eigenvalue weighted by molar-refractivity contribution is 0.482. The molecule has 0 spiro atoms. The molecule has 0 bridgehead atoms. The van der Waals surface area contributed by atoms with Gasteiger partial charge in [-0.05, 0) is 44.0 Å². The van der Waals surface area contributed by atoms with Gasteiger partial charge < -0.3 is 4.42 Å². The van der Waals surface area contributed by atoms with Gasteiger partial charge in [0.1, 0.15) is 11.5 Å². The van der Waals surface area contributed by atoms with Gasteiger partial charge in [-0.15, -0.1) is 0 Å². The van der Waals surface area contributed by atoms with Crippen molar-refractivity contribution in [3.05, 3.63) is 53.2 Å². The number of nitrogens with zero attached hydrogens (tertiary/aromatic N) is 1. The number of hydrogen-bond acceptors (Lipinski definition) is 2. The SMILES string of the molecule is Cc1ccc(CCc2ccc(C)o2)nc1. The first kappa shape index (κ1) is 9.97. The summed E-state index contributed by atoms with van der Waals surface area (Å²) in [5.41, 5.74) is 2.32. The van der Waals surface area contributed by atoms with Crippen molar-refractivity contribution in [2.45, 2.75) is 26.7 Å². The van der Waals surface area contributed by atoms with Crippen LogP contribution in [-0.4, -0.2) is 4.98 Å². The molecule has 0 unspecified atom stereocenters. The van der Waals surface area contributed by atoms with E-state index in [2.05, 4.69) is 17.1 Å². The third kappa shape index (κ3) is 2.69. The van der Waals surface area contributed by atoms with E-state index >= 15 is 0 Å². The monoisotopic (exact) mass is 201 g/mol. The van der Waals surface area contributed by atoms with Gasteiger partial charge in [-0.1, -0.05) is 6.07 Å². The average Bonchev–Trinajstić information content (AvgIpc) is 2.64. The van der Waals surface area contributed by atoms with E-state index in [4.69, 9.17) is 4.42 Å². The first-order valence-electron chi connectivity index (χ1n) is 5.21. The number of aromatic nitrogens is 1. The van der Waals surface area contributed by atoms with Gasteiger partial charge in [0.15, 0.2) is 0 Å². The maximum absolute atomic E-state index is 5.50.